The second kappa shape index (κ2) is 53.4. The van der Waals surface area contributed by atoms with Crippen molar-refractivity contribution in [2.24, 2.45) is 5.92 Å². The zero-order chi connectivity index (χ0) is 80.9. The van der Waals surface area contributed by atoms with Gasteiger partial charge < -0.3 is 58.3 Å². The number of aryl methyl sites for hydroxylation is 1. The van der Waals surface area contributed by atoms with Gasteiger partial charge in [-0.2, -0.15) is 13.2 Å². The summed E-state index contributed by atoms with van der Waals surface area (Å²) >= 11 is 0. The summed E-state index contributed by atoms with van der Waals surface area (Å²) in [5.41, 5.74) is 19.8. The van der Waals surface area contributed by atoms with Gasteiger partial charge in [0.05, 0.1) is 28.7 Å². The molecule has 586 valence electrons. The lowest BCUT2D eigenvalue weighted by molar-refractivity contribution is -0.171. The number of nitrogens with one attached hydrogen (secondary N) is 6. The fourth-order valence-electron chi connectivity index (χ4n) is 9.69. The molecule has 6 amide bonds. The molecule has 0 atom stereocenters. The van der Waals surface area contributed by atoms with Gasteiger partial charge in [0, 0.05) is 98.1 Å². The van der Waals surface area contributed by atoms with Gasteiger partial charge >= 0.3 is 24.2 Å². The van der Waals surface area contributed by atoms with E-state index in [1.54, 1.807) is 135 Å². The van der Waals surface area contributed by atoms with Crippen LogP contribution in [-0.4, -0.2) is 86.3 Å². The Hall–Kier alpha value is -12.4. The van der Waals surface area contributed by atoms with Crippen LogP contribution in [0.5, 0.6) is 0 Å². The third kappa shape index (κ3) is 41.5. The van der Waals surface area contributed by atoms with E-state index in [9.17, 15) is 65.9 Å². The monoisotopic (exact) mass is 1520 g/mol. The molecule has 0 bridgehead atoms. The van der Waals surface area contributed by atoms with Crippen molar-refractivity contribution in [3.05, 3.63) is 240 Å². The van der Waals surface area contributed by atoms with E-state index in [2.05, 4.69) is 36.9 Å². The molecule has 0 spiro atoms. The van der Waals surface area contributed by atoms with Crippen molar-refractivity contribution in [3.8, 4) is 0 Å². The Morgan fingerprint density at radius 3 is 1.31 bits per heavy atom. The molecular formula is C84H100F3N9O14. The third-order valence-electron chi connectivity index (χ3n) is 15.8. The Morgan fingerprint density at radius 2 is 0.891 bits per heavy atom. The van der Waals surface area contributed by atoms with Gasteiger partial charge in [-0.3, -0.25) is 52.9 Å². The molecule has 0 saturated carbocycles. The van der Waals surface area contributed by atoms with Crippen molar-refractivity contribution in [3.63, 3.8) is 0 Å². The van der Waals surface area contributed by atoms with Crippen molar-refractivity contribution < 1.29 is 80.9 Å². The normalized spacial score (nSPS) is 10.2. The number of carbonyl (C=O) groups is 11. The Labute approximate surface area is 640 Å². The Balaban J connectivity index is 0.000000353. The number of amides is 6. The molecule has 0 aliphatic heterocycles. The highest BCUT2D eigenvalue weighted by Gasteiger charge is 2.37. The first-order valence-electron chi connectivity index (χ1n) is 36.1. The van der Waals surface area contributed by atoms with Crippen LogP contribution in [0.4, 0.5) is 57.8 Å². The minimum Gasteiger partial charge on any atom is -0.481 e. The standard InChI is InChI=1S/C21H20N4O3.C17H23NO3.C15H18F3NO2.C15H15N3O2.C10H12O2.C6H12O2/c22-18-5-1-2-6-19(18)25-20(26)17-9-7-15(8-10-17)13-24-21(27)28-14-16-4-3-11-23-12-16;1-2-15(19)16(20)12-8-3-4-9-13-17(21)18-14-10-6-5-7-11-14;16-15(17,18)13(20)10-6-1-2-7-11-14(21)19-12-8-4-3-5-9-12;1-10(19)17-12-8-6-11(7-9-12)15(20)18-14-5-3-2-4-13(14)16;11-10(12)8-4-7-9-5-2-1-3-6-9;1-3-5(4-2)6(7)8/h1-12H,13-14,22H2,(H,24,27)(H,25,26);5-7,10-11H,2-4,8-9,12-13H2,1H3,(H,18,21);3-5,8-9H,1-2,6-7,10-11H2,(H,19,21);2-9H,16H2,1H3,(H,17,19)(H,18,20);1-3,5-6H,4,7-8H2,(H,11,12);5H,3-4H2,1-2H3,(H,7,8). The number of hydrogen-bond donors (Lipinski definition) is 10. The van der Waals surface area contributed by atoms with Crippen molar-refractivity contribution >= 4 is 105 Å². The first kappa shape index (κ1) is 91.9. The Bertz CT molecular complexity index is 4100. The first-order chi connectivity index (χ1) is 52.7. The molecular weight excluding hydrogens is 1420 g/mol. The van der Waals surface area contributed by atoms with Crippen LogP contribution in [0.2, 0.25) is 0 Å². The van der Waals surface area contributed by atoms with Gasteiger partial charge in [-0.1, -0.05) is 156 Å². The number of aromatic nitrogens is 1. The van der Waals surface area contributed by atoms with Crippen LogP contribution < -0.4 is 43.4 Å². The quantitative estimate of drug-likeness (QED) is 0.0102. The van der Waals surface area contributed by atoms with Crippen LogP contribution >= 0.6 is 0 Å². The summed E-state index contributed by atoms with van der Waals surface area (Å²) in [7, 11) is 0. The molecule has 0 fully saturated rings. The third-order valence-corrected chi connectivity index (χ3v) is 15.8. The summed E-state index contributed by atoms with van der Waals surface area (Å²) in [5.74, 6) is -4.51. The molecule has 7 aromatic carbocycles. The minimum atomic E-state index is -4.73. The highest BCUT2D eigenvalue weighted by atomic mass is 19.4. The van der Waals surface area contributed by atoms with Crippen LogP contribution in [0.3, 0.4) is 0 Å². The van der Waals surface area contributed by atoms with E-state index >= 15 is 0 Å². The lowest BCUT2D eigenvalue weighted by atomic mass is 10.1. The number of alkyl halides is 3. The number of Topliss-reactive ketones (excluding diaryl/α,β-unsaturated/α-hetero) is 3. The molecule has 12 N–H and O–H groups in total. The van der Waals surface area contributed by atoms with Crippen molar-refractivity contribution in [1.29, 1.82) is 0 Å². The number of unbranched alkanes of at least 4 members (excludes halogenated alkanes) is 6. The highest BCUT2D eigenvalue weighted by molar-refractivity contribution is 6.37. The molecule has 0 saturated heterocycles. The van der Waals surface area contributed by atoms with E-state index in [1.165, 1.54) is 12.5 Å². The maximum Gasteiger partial charge on any atom is 0.449 e. The molecule has 110 heavy (non-hydrogen) atoms. The number of benzene rings is 7. The highest BCUT2D eigenvalue weighted by Crippen LogP contribution is 2.23. The number of aliphatic carboxylic acids is 2. The van der Waals surface area contributed by atoms with E-state index < -0.39 is 36.4 Å². The maximum absolute atomic E-state index is 12.3. The zero-order valence-electron chi connectivity index (χ0n) is 62.5. The number of para-hydroxylation sites is 6. The van der Waals surface area contributed by atoms with Crippen LogP contribution in [0, 0.1) is 5.92 Å². The second-order valence-corrected chi connectivity index (χ2v) is 24.7. The number of rotatable bonds is 34. The van der Waals surface area contributed by atoms with Crippen molar-refractivity contribution in [1.82, 2.24) is 10.3 Å². The fraction of sp³-hybridized carbons (Fsp3) is 0.310. The Kier molecular flexibility index (Phi) is 44.6. The number of carboxylic acid groups (broad SMARTS) is 2. The number of nitrogen functional groups attached to an aromatic ring is 2. The zero-order valence-corrected chi connectivity index (χ0v) is 62.5. The number of carboxylic acids is 2. The van der Waals surface area contributed by atoms with Gasteiger partial charge in [-0.05, 0) is 153 Å². The lowest BCUT2D eigenvalue weighted by Crippen LogP contribution is -2.23. The second-order valence-electron chi connectivity index (χ2n) is 24.7. The van der Waals surface area contributed by atoms with E-state index in [0.717, 1.165) is 73.9 Å². The number of ether oxygens (including phenoxy) is 1. The van der Waals surface area contributed by atoms with Crippen LogP contribution in [0.15, 0.2) is 213 Å². The first-order valence-corrected chi connectivity index (χ1v) is 36.1. The number of ketones is 3. The molecule has 0 aliphatic rings. The van der Waals surface area contributed by atoms with E-state index in [-0.39, 0.29) is 66.5 Å². The van der Waals surface area contributed by atoms with E-state index in [1.807, 2.05) is 98.8 Å². The average molecular weight is 1520 g/mol. The number of alkyl carbamates (subject to hydrolysis) is 1. The average Bonchev–Trinajstić information content (AvgIpc) is 0.863. The van der Waals surface area contributed by atoms with Gasteiger partial charge in [0.1, 0.15) is 6.61 Å². The van der Waals surface area contributed by atoms with Gasteiger partial charge in [0.15, 0.2) is 11.6 Å². The summed E-state index contributed by atoms with van der Waals surface area (Å²) < 4.78 is 40.9. The molecule has 0 radical (unpaired) electrons. The van der Waals surface area contributed by atoms with Crippen LogP contribution in [-0.2, 0) is 62.7 Å². The molecule has 23 nitrogen and oxygen atoms in total. The van der Waals surface area contributed by atoms with Crippen LogP contribution in [0.25, 0.3) is 0 Å². The van der Waals surface area contributed by atoms with E-state index in [4.69, 9.17) is 26.4 Å². The number of nitrogens with two attached hydrogens (primary N) is 2. The molecule has 0 aliphatic carbocycles. The topological polar surface area (TPSA) is 375 Å². The minimum absolute atomic E-state index is 0.0124. The molecule has 1 heterocycles. The molecule has 26 heteroatoms. The van der Waals surface area contributed by atoms with Crippen molar-refractivity contribution in [2.75, 3.05) is 38.1 Å². The number of pyridine rings is 1. The molecule has 8 rings (SSSR count). The molecule has 8 aromatic rings. The van der Waals surface area contributed by atoms with Crippen molar-refractivity contribution in [2.45, 2.75) is 163 Å². The summed E-state index contributed by atoms with van der Waals surface area (Å²) in [6.45, 7) is 7.36. The summed E-state index contributed by atoms with van der Waals surface area (Å²) in [6.07, 6.45) is 7.57. The molecule has 0 unspecified atom stereocenters. The lowest BCUT2D eigenvalue weighted by Gasteiger charge is -2.09. The maximum atomic E-state index is 12.3. The number of halogens is 3. The predicted molar refractivity (Wildman–Crippen MR) is 422 cm³/mol. The number of hydrogen-bond acceptors (Lipinski definition) is 15. The number of anilines is 7. The summed E-state index contributed by atoms with van der Waals surface area (Å²) in [6, 6.07) is 59.6. The SMILES string of the molecule is CC(=O)Nc1ccc(C(=O)Nc2ccccc2N)cc1.CCC(=O)C(=O)CCCCCCC(=O)Nc1ccccc1.CCC(CC)C(=O)O.Nc1ccccc1NC(=O)c1ccc(CNC(=O)OCc2cccnc2)cc1.O=C(CCCCCCC(=O)C(F)(F)F)Nc1ccccc1.O=C(O)CCCc1ccccc1. The van der Waals surface area contributed by atoms with Crippen LogP contribution in [0.1, 0.15) is 174 Å². The Morgan fingerprint density at radius 1 is 0.455 bits per heavy atom. The predicted octanol–water partition coefficient (Wildman–Crippen LogP) is 17.0. The fourth-order valence-corrected chi connectivity index (χ4v) is 9.69. The van der Waals surface area contributed by atoms with Gasteiger partial charge in [0.2, 0.25) is 23.5 Å². The number of carbonyl (C=O) groups excluding carboxylic acids is 9. The number of nitrogens with zero attached hydrogens (tertiary/aromatic N) is 1. The summed E-state index contributed by atoms with van der Waals surface area (Å²) in [5, 5.41) is 33.1. The van der Waals surface area contributed by atoms with E-state index in [0.29, 0.717) is 91.1 Å². The van der Waals surface area contributed by atoms with Gasteiger partial charge in [0.25, 0.3) is 11.8 Å². The largest absolute Gasteiger partial charge is 0.481 e. The van der Waals surface area contributed by atoms with Gasteiger partial charge in [-0.15, -0.1) is 0 Å². The smallest absolute Gasteiger partial charge is 0.449 e. The molecule has 1 aromatic heterocycles. The summed E-state index contributed by atoms with van der Waals surface area (Å²) in [4.78, 5) is 128. The van der Waals surface area contributed by atoms with Gasteiger partial charge in [-0.25, -0.2) is 4.79 Å².